The number of morpholine rings is 1. The maximum Gasteiger partial charge on any atom is 0.312 e. The van der Waals surface area contributed by atoms with E-state index in [2.05, 4.69) is 17.1 Å². The molecule has 0 atom stereocenters. The summed E-state index contributed by atoms with van der Waals surface area (Å²) in [7, 11) is 0. The van der Waals surface area contributed by atoms with Crippen molar-refractivity contribution in [3.05, 3.63) is 52.0 Å². The molecule has 4 rings (SSSR count). The number of piperazine rings is 1. The predicted molar refractivity (Wildman–Crippen MR) is 116 cm³/mol. The molecule has 31 heavy (non-hydrogen) atoms. The van der Waals surface area contributed by atoms with Crippen LogP contribution in [0.3, 0.4) is 0 Å². The highest BCUT2D eigenvalue weighted by molar-refractivity contribution is 7.09. The quantitative estimate of drug-likeness (QED) is 0.655. The normalized spacial score (nSPS) is 17.0. The maximum atomic E-state index is 12.7. The standard InChI is InChI=1S/C22H26N4O4S/c27-20(15-18-16-31-19(23-18)14-17-4-2-1-3-5-17)24-6-8-25(9-7-24)21(28)22(29)26-10-12-30-13-11-26/h1-5,16H,6-15H2. The maximum absolute atomic E-state index is 12.7. The highest BCUT2D eigenvalue weighted by Crippen LogP contribution is 2.16. The third-order valence-electron chi connectivity index (χ3n) is 5.53. The molecular formula is C22H26N4O4S. The van der Waals surface area contributed by atoms with Gasteiger partial charge >= 0.3 is 11.8 Å². The minimum absolute atomic E-state index is 0.00293. The van der Waals surface area contributed by atoms with Gasteiger partial charge in [0.2, 0.25) is 5.91 Å². The minimum atomic E-state index is -0.487. The molecule has 2 saturated heterocycles. The van der Waals surface area contributed by atoms with Crippen LogP contribution in [-0.4, -0.2) is 89.9 Å². The van der Waals surface area contributed by atoms with Crippen LogP contribution in [-0.2, 0) is 32.0 Å². The van der Waals surface area contributed by atoms with Gasteiger partial charge in [0, 0.05) is 51.1 Å². The fourth-order valence-corrected chi connectivity index (χ4v) is 4.57. The number of amides is 3. The average molecular weight is 443 g/mol. The number of ether oxygens (including phenoxy) is 1. The molecule has 0 spiro atoms. The first-order valence-corrected chi connectivity index (χ1v) is 11.4. The highest BCUT2D eigenvalue weighted by Gasteiger charge is 2.31. The number of benzene rings is 1. The zero-order valence-electron chi connectivity index (χ0n) is 17.4. The van der Waals surface area contributed by atoms with E-state index in [1.165, 1.54) is 5.56 Å². The molecule has 2 aliphatic heterocycles. The van der Waals surface area contributed by atoms with Crippen molar-refractivity contribution in [2.24, 2.45) is 0 Å². The number of nitrogens with zero attached hydrogens (tertiary/aromatic N) is 4. The summed E-state index contributed by atoms with van der Waals surface area (Å²) in [6.07, 6.45) is 1.02. The van der Waals surface area contributed by atoms with Gasteiger partial charge in [-0.2, -0.15) is 0 Å². The summed E-state index contributed by atoms with van der Waals surface area (Å²) in [5.41, 5.74) is 1.98. The van der Waals surface area contributed by atoms with E-state index in [1.807, 2.05) is 23.6 Å². The van der Waals surface area contributed by atoms with E-state index < -0.39 is 11.8 Å². The SMILES string of the molecule is O=C(Cc1csc(Cc2ccccc2)n1)N1CCN(C(=O)C(=O)N2CCOCC2)CC1. The summed E-state index contributed by atoms with van der Waals surface area (Å²) < 4.78 is 5.23. The van der Waals surface area contributed by atoms with Gasteiger partial charge in [0.05, 0.1) is 30.3 Å². The summed E-state index contributed by atoms with van der Waals surface area (Å²) >= 11 is 1.57. The van der Waals surface area contributed by atoms with E-state index in [0.29, 0.717) is 52.5 Å². The number of hydrogen-bond acceptors (Lipinski definition) is 6. The van der Waals surface area contributed by atoms with Crippen molar-refractivity contribution in [2.45, 2.75) is 12.8 Å². The van der Waals surface area contributed by atoms with E-state index in [4.69, 9.17) is 4.74 Å². The number of aromatic nitrogens is 1. The van der Waals surface area contributed by atoms with E-state index in [9.17, 15) is 14.4 Å². The van der Waals surface area contributed by atoms with Crippen LogP contribution in [0.1, 0.15) is 16.3 Å². The first-order chi connectivity index (χ1) is 15.1. The van der Waals surface area contributed by atoms with Crippen LogP contribution in [0.5, 0.6) is 0 Å². The molecule has 0 aliphatic carbocycles. The van der Waals surface area contributed by atoms with Crippen LogP contribution in [0.15, 0.2) is 35.7 Å². The highest BCUT2D eigenvalue weighted by atomic mass is 32.1. The Bertz CT molecular complexity index is 919. The third-order valence-corrected chi connectivity index (χ3v) is 6.43. The Morgan fingerprint density at radius 1 is 0.871 bits per heavy atom. The lowest BCUT2D eigenvalue weighted by molar-refractivity contribution is -0.155. The molecule has 3 heterocycles. The van der Waals surface area contributed by atoms with Crippen molar-refractivity contribution in [3.8, 4) is 0 Å². The molecule has 0 saturated carbocycles. The first-order valence-electron chi connectivity index (χ1n) is 10.5. The Morgan fingerprint density at radius 3 is 2.16 bits per heavy atom. The summed E-state index contributed by atoms with van der Waals surface area (Å²) in [6.45, 7) is 3.43. The number of carbonyl (C=O) groups excluding carboxylic acids is 3. The minimum Gasteiger partial charge on any atom is -0.378 e. The van der Waals surface area contributed by atoms with Crippen molar-refractivity contribution >= 4 is 29.1 Å². The van der Waals surface area contributed by atoms with E-state index in [1.54, 1.807) is 26.0 Å². The van der Waals surface area contributed by atoms with E-state index in [-0.39, 0.29) is 12.3 Å². The fraction of sp³-hybridized carbons (Fsp3) is 0.455. The Labute approximate surface area is 185 Å². The van der Waals surface area contributed by atoms with Crippen molar-refractivity contribution in [2.75, 3.05) is 52.5 Å². The fourth-order valence-electron chi connectivity index (χ4n) is 3.74. The van der Waals surface area contributed by atoms with Gasteiger partial charge in [0.25, 0.3) is 0 Å². The molecule has 8 nitrogen and oxygen atoms in total. The van der Waals surface area contributed by atoms with Crippen molar-refractivity contribution in [3.63, 3.8) is 0 Å². The van der Waals surface area contributed by atoms with Gasteiger partial charge in [0.1, 0.15) is 0 Å². The third kappa shape index (κ3) is 5.48. The molecule has 1 aromatic heterocycles. The molecule has 2 aromatic rings. The second-order valence-electron chi connectivity index (χ2n) is 7.65. The predicted octanol–water partition coefficient (Wildman–Crippen LogP) is 0.806. The smallest absolute Gasteiger partial charge is 0.312 e. The lowest BCUT2D eigenvalue weighted by Gasteiger charge is -2.35. The Hall–Kier alpha value is -2.78. The lowest BCUT2D eigenvalue weighted by atomic mass is 10.2. The number of rotatable bonds is 4. The lowest BCUT2D eigenvalue weighted by Crippen LogP contribution is -2.55. The van der Waals surface area contributed by atoms with E-state index in [0.717, 1.165) is 17.1 Å². The van der Waals surface area contributed by atoms with Crippen LogP contribution in [0.4, 0.5) is 0 Å². The van der Waals surface area contributed by atoms with Gasteiger partial charge in [0.15, 0.2) is 0 Å². The molecule has 1 aromatic carbocycles. The molecule has 0 unspecified atom stereocenters. The zero-order valence-corrected chi connectivity index (χ0v) is 18.2. The van der Waals surface area contributed by atoms with E-state index >= 15 is 0 Å². The molecule has 2 aliphatic rings. The van der Waals surface area contributed by atoms with Crippen LogP contribution in [0.25, 0.3) is 0 Å². The monoisotopic (exact) mass is 442 g/mol. The molecule has 9 heteroatoms. The van der Waals surface area contributed by atoms with Crippen molar-refractivity contribution in [1.29, 1.82) is 0 Å². The van der Waals surface area contributed by atoms with Gasteiger partial charge < -0.3 is 19.4 Å². The first kappa shape index (κ1) is 21.5. The van der Waals surface area contributed by atoms with Crippen molar-refractivity contribution in [1.82, 2.24) is 19.7 Å². The second kappa shape index (κ2) is 10.0. The largest absolute Gasteiger partial charge is 0.378 e. The summed E-state index contributed by atoms with van der Waals surface area (Å²) in [6, 6.07) is 10.1. The summed E-state index contributed by atoms with van der Waals surface area (Å²) in [5.74, 6) is -0.960. The van der Waals surface area contributed by atoms with Gasteiger partial charge in [-0.05, 0) is 5.56 Å². The number of hydrogen-bond donors (Lipinski definition) is 0. The average Bonchev–Trinajstić information content (AvgIpc) is 3.26. The van der Waals surface area contributed by atoms with Crippen molar-refractivity contribution < 1.29 is 19.1 Å². The second-order valence-corrected chi connectivity index (χ2v) is 8.59. The Kier molecular flexibility index (Phi) is 6.93. The molecule has 0 bridgehead atoms. The van der Waals surface area contributed by atoms with Gasteiger partial charge in [-0.15, -0.1) is 11.3 Å². The van der Waals surface area contributed by atoms with Crippen LogP contribution >= 0.6 is 11.3 Å². The zero-order chi connectivity index (χ0) is 21.6. The molecule has 0 radical (unpaired) electrons. The number of thiazole rings is 1. The molecular weight excluding hydrogens is 416 g/mol. The summed E-state index contributed by atoms with van der Waals surface area (Å²) in [4.78, 5) is 47.0. The molecule has 164 valence electrons. The van der Waals surface area contributed by atoms with Crippen LogP contribution in [0.2, 0.25) is 0 Å². The topological polar surface area (TPSA) is 83.1 Å². The molecule has 2 fully saturated rings. The number of carbonyl (C=O) groups is 3. The summed E-state index contributed by atoms with van der Waals surface area (Å²) in [5, 5.41) is 2.93. The van der Waals surface area contributed by atoms with Crippen LogP contribution < -0.4 is 0 Å². The Morgan fingerprint density at radius 2 is 1.48 bits per heavy atom. The molecule has 3 amide bonds. The molecule has 0 N–H and O–H groups in total. The Balaban J connectivity index is 1.25. The van der Waals surface area contributed by atoms with Gasteiger partial charge in [-0.3, -0.25) is 14.4 Å². The van der Waals surface area contributed by atoms with Gasteiger partial charge in [-0.1, -0.05) is 30.3 Å². The van der Waals surface area contributed by atoms with Crippen LogP contribution in [0, 0.1) is 0 Å². The van der Waals surface area contributed by atoms with Gasteiger partial charge in [-0.25, -0.2) is 4.98 Å².